The van der Waals surface area contributed by atoms with Crippen LogP contribution in [0.1, 0.15) is 52.3 Å². The van der Waals surface area contributed by atoms with Crippen molar-refractivity contribution in [3.63, 3.8) is 0 Å². The number of ether oxygens (including phenoxy) is 1. The zero-order valence-electron chi connectivity index (χ0n) is 18.1. The van der Waals surface area contributed by atoms with Crippen molar-refractivity contribution in [3.8, 4) is 0 Å². The molecule has 4 N–H and O–H groups in total. The molecule has 2 aliphatic rings. The molecule has 5 atom stereocenters. The molecule has 1 heterocycles. The summed E-state index contributed by atoms with van der Waals surface area (Å²) in [7, 11) is 0. The van der Waals surface area contributed by atoms with E-state index in [-0.39, 0.29) is 0 Å². The summed E-state index contributed by atoms with van der Waals surface area (Å²) in [6.07, 6.45) is 1.54. The molecule has 0 radical (unpaired) electrons. The van der Waals surface area contributed by atoms with Crippen LogP contribution in [0.25, 0.3) is 0 Å². The Kier molecular flexibility index (Phi) is 7.06. The topological polar surface area (TPSA) is 90.2 Å². The van der Waals surface area contributed by atoms with Crippen LogP contribution in [0, 0.1) is 6.92 Å². The van der Waals surface area contributed by atoms with Gasteiger partial charge in [0, 0.05) is 4.90 Å². The highest BCUT2D eigenvalue weighted by Crippen LogP contribution is 2.39. The van der Waals surface area contributed by atoms with Crippen LogP contribution in [0.15, 0.2) is 35.2 Å². The molecule has 1 fully saturated rings. The van der Waals surface area contributed by atoms with Crippen molar-refractivity contribution in [2.75, 3.05) is 12.9 Å². The lowest BCUT2D eigenvalue weighted by molar-refractivity contribution is -0.231. The van der Waals surface area contributed by atoms with Crippen LogP contribution in [-0.2, 0) is 24.0 Å². The fraction of sp³-hybridized carbons (Fsp3) is 0.520. The smallest absolute Gasteiger partial charge is 0.113 e. The van der Waals surface area contributed by atoms with Crippen molar-refractivity contribution in [1.29, 1.82) is 0 Å². The molecule has 1 aliphatic heterocycles. The van der Waals surface area contributed by atoms with Crippen molar-refractivity contribution in [1.82, 2.24) is 0 Å². The Morgan fingerprint density at radius 3 is 2.29 bits per heavy atom. The van der Waals surface area contributed by atoms with Gasteiger partial charge in [-0.15, -0.1) is 11.8 Å². The quantitative estimate of drug-likeness (QED) is 0.530. The third kappa shape index (κ3) is 4.42. The van der Waals surface area contributed by atoms with Gasteiger partial charge in [-0.05, 0) is 90.8 Å². The molecule has 0 aromatic heterocycles. The monoisotopic (exact) mass is 444 g/mol. The lowest BCUT2D eigenvalue weighted by Gasteiger charge is -2.41. The summed E-state index contributed by atoms with van der Waals surface area (Å²) in [5.41, 5.74) is 7.09. The zero-order chi connectivity index (χ0) is 22.1. The van der Waals surface area contributed by atoms with Crippen molar-refractivity contribution in [3.05, 3.63) is 63.7 Å². The first-order valence-corrected chi connectivity index (χ1v) is 12.2. The molecule has 168 valence electrons. The van der Waals surface area contributed by atoms with E-state index in [0.717, 1.165) is 36.8 Å². The molecule has 5 nitrogen and oxygen atoms in total. The van der Waals surface area contributed by atoms with Gasteiger partial charge >= 0.3 is 0 Å². The van der Waals surface area contributed by atoms with Crippen LogP contribution in [0.4, 0.5) is 0 Å². The SMILES string of the molecule is CSc1ccc(Cc2cc(C3OC(CO)C(O)C(O)C3O)c(C)c3c2CCCC3)cc1. The van der Waals surface area contributed by atoms with E-state index in [1.165, 1.54) is 33.6 Å². The average Bonchev–Trinajstić information content (AvgIpc) is 2.80. The van der Waals surface area contributed by atoms with Crippen molar-refractivity contribution in [2.24, 2.45) is 0 Å². The molecule has 0 bridgehead atoms. The minimum atomic E-state index is -1.37. The number of aliphatic hydroxyl groups is 4. The maximum atomic E-state index is 10.7. The first kappa shape index (κ1) is 22.8. The van der Waals surface area contributed by atoms with Gasteiger partial charge in [0.15, 0.2) is 0 Å². The molecule has 5 unspecified atom stereocenters. The normalized spacial score (nSPS) is 28.4. The van der Waals surface area contributed by atoms with Gasteiger partial charge in [0.1, 0.15) is 30.5 Å². The Hall–Kier alpha value is -1.41. The summed E-state index contributed by atoms with van der Waals surface area (Å²) in [6, 6.07) is 10.7. The van der Waals surface area contributed by atoms with E-state index in [9.17, 15) is 20.4 Å². The van der Waals surface area contributed by atoms with Gasteiger partial charge < -0.3 is 25.2 Å². The van der Waals surface area contributed by atoms with E-state index in [1.54, 1.807) is 11.8 Å². The number of aliphatic hydroxyl groups excluding tert-OH is 4. The molecule has 4 rings (SSSR count). The number of benzene rings is 2. The third-order valence-corrected chi connectivity index (χ3v) is 7.57. The summed E-state index contributed by atoms with van der Waals surface area (Å²) in [5, 5.41) is 40.8. The molecule has 1 aliphatic carbocycles. The molecule has 6 heteroatoms. The molecule has 0 saturated carbocycles. The number of fused-ring (bicyclic) bond motifs is 1. The Morgan fingerprint density at radius 2 is 1.65 bits per heavy atom. The maximum absolute atomic E-state index is 10.7. The first-order valence-electron chi connectivity index (χ1n) is 11.0. The Bertz CT molecular complexity index is 911. The van der Waals surface area contributed by atoms with E-state index in [1.807, 2.05) is 0 Å². The standard InChI is InChI=1S/C25H32O5S/c1-14-18-5-3-4-6-19(18)16(11-15-7-9-17(31-2)10-8-15)12-20(14)25-24(29)23(28)22(27)21(13-26)30-25/h7-10,12,21-29H,3-6,11,13H2,1-2H3. The average molecular weight is 445 g/mol. The second-order valence-corrected chi connectivity index (χ2v) is 9.57. The molecular weight excluding hydrogens is 412 g/mol. The molecular formula is C25H32O5S. The highest BCUT2D eigenvalue weighted by molar-refractivity contribution is 7.98. The second-order valence-electron chi connectivity index (χ2n) is 8.69. The van der Waals surface area contributed by atoms with Crippen molar-refractivity contribution in [2.45, 2.75) is 74.4 Å². The van der Waals surface area contributed by atoms with Gasteiger partial charge in [0.05, 0.1) is 6.61 Å². The van der Waals surface area contributed by atoms with Gasteiger partial charge in [-0.3, -0.25) is 0 Å². The van der Waals surface area contributed by atoms with Crippen LogP contribution in [0.5, 0.6) is 0 Å². The van der Waals surface area contributed by atoms with E-state index in [2.05, 4.69) is 43.5 Å². The molecule has 2 aromatic carbocycles. The van der Waals surface area contributed by atoms with Crippen molar-refractivity contribution >= 4 is 11.8 Å². The van der Waals surface area contributed by atoms with Crippen LogP contribution in [-0.4, -0.2) is 57.7 Å². The van der Waals surface area contributed by atoms with E-state index in [4.69, 9.17) is 4.74 Å². The predicted molar refractivity (Wildman–Crippen MR) is 122 cm³/mol. The van der Waals surface area contributed by atoms with E-state index < -0.39 is 37.1 Å². The number of hydrogen-bond acceptors (Lipinski definition) is 6. The Labute approximate surface area is 188 Å². The predicted octanol–water partition coefficient (Wildman–Crippen LogP) is 2.70. The van der Waals surface area contributed by atoms with Gasteiger partial charge in [-0.2, -0.15) is 0 Å². The molecule has 0 spiro atoms. The van der Waals surface area contributed by atoms with E-state index >= 15 is 0 Å². The summed E-state index contributed by atoms with van der Waals surface area (Å²) in [6.45, 7) is 1.64. The highest BCUT2D eigenvalue weighted by Gasteiger charge is 2.44. The third-order valence-electron chi connectivity index (χ3n) is 6.82. The number of hydrogen-bond donors (Lipinski definition) is 4. The summed E-state index contributed by atoms with van der Waals surface area (Å²) < 4.78 is 5.91. The molecule has 2 aromatic rings. The number of thioether (sulfide) groups is 1. The second kappa shape index (κ2) is 9.61. The van der Waals surface area contributed by atoms with Crippen LogP contribution >= 0.6 is 11.8 Å². The fourth-order valence-corrected chi connectivity index (χ4v) is 5.41. The maximum Gasteiger partial charge on any atom is 0.113 e. The Morgan fingerprint density at radius 1 is 0.968 bits per heavy atom. The molecule has 31 heavy (non-hydrogen) atoms. The zero-order valence-corrected chi connectivity index (χ0v) is 18.9. The van der Waals surface area contributed by atoms with Crippen LogP contribution < -0.4 is 0 Å². The first-order chi connectivity index (χ1) is 14.9. The van der Waals surface area contributed by atoms with Gasteiger partial charge in [0.25, 0.3) is 0 Å². The molecule has 1 saturated heterocycles. The molecule has 0 amide bonds. The van der Waals surface area contributed by atoms with Gasteiger partial charge in [0.2, 0.25) is 0 Å². The number of rotatable bonds is 5. The van der Waals surface area contributed by atoms with Crippen LogP contribution in [0.2, 0.25) is 0 Å². The highest BCUT2D eigenvalue weighted by atomic mass is 32.2. The van der Waals surface area contributed by atoms with Gasteiger partial charge in [-0.1, -0.05) is 18.2 Å². The summed E-state index contributed by atoms with van der Waals surface area (Å²) in [5.74, 6) is 0. The summed E-state index contributed by atoms with van der Waals surface area (Å²) in [4.78, 5) is 1.23. The minimum absolute atomic E-state index is 0.417. The Balaban J connectivity index is 1.75. The van der Waals surface area contributed by atoms with Crippen molar-refractivity contribution < 1.29 is 25.2 Å². The lowest BCUT2D eigenvalue weighted by Crippen LogP contribution is -2.55. The van der Waals surface area contributed by atoms with Crippen LogP contribution in [0.3, 0.4) is 0 Å². The lowest BCUT2D eigenvalue weighted by atomic mass is 9.79. The van der Waals surface area contributed by atoms with Gasteiger partial charge in [-0.25, -0.2) is 0 Å². The fourth-order valence-electron chi connectivity index (χ4n) is 5.01. The van der Waals surface area contributed by atoms with E-state index in [0.29, 0.717) is 0 Å². The summed E-state index contributed by atoms with van der Waals surface area (Å²) >= 11 is 1.72. The minimum Gasteiger partial charge on any atom is -0.394 e. The largest absolute Gasteiger partial charge is 0.394 e.